The normalized spacial score (nSPS) is 18.5. The smallest absolute Gasteiger partial charge is 0.271 e. The van der Waals surface area contributed by atoms with Crippen LogP contribution in [-0.2, 0) is 4.79 Å². The van der Waals surface area contributed by atoms with Crippen LogP contribution in [0.4, 0.5) is 0 Å². The van der Waals surface area contributed by atoms with Crippen LogP contribution in [-0.4, -0.2) is 33.5 Å². The molecule has 2 aromatic heterocycles. The molecule has 0 aromatic carbocycles. The summed E-state index contributed by atoms with van der Waals surface area (Å²) in [4.78, 5) is 27.7. The number of aromatic nitrogens is 3. The average Bonchev–Trinajstić information content (AvgIpc) is 3.31. The first kappa shape index (κ1) is 17.2. The fourth-order valence-corrected chi connectivity index (χ4v) is 3.07. The van der Waals surface area contributed by atoms with Gasteiger partial charge in [0.25, 0.3) is 5.91 Å². The van der Waals surface area contributed by atoms with Gasteiger partial charge in [-0.2, -0.15) is 0 Å². The number of nitrogens with two attached hydrogens (primary N) is 1. The third-order valence-corrected chi connectivity index (χ3v) is 4.50. The average molecular weight is 362 g/mol. The van der Waals surface area contributed by atoms with Crippen molar-refractivity contribution in [3.05, 3.63) is 40.5 Å². The van der Waals surface area contributed by atoms with E-state index < -0.39 is 17.9 Å². The molecular formula is C15H18N6O3S. The summed E-state index contributed by atoms with van der Waals surface area (Å²) in [6, 6.07) is -1.04. The van der Waals surface area contributed by atoms with Crippen LogP contribution >= 0.6 is 11.3 Å². The number of rotatable bonds is 6. The molecule has 0 bridgehead atoms. The molecule has 9 nitrogen and oxygen atoms in total. The molecule has 1 aliphatic rings. The third kappa shape index (κ3) is 3.91. The van der Waals surface area contributed by atoms with Crippen molar-refractivity contribution in [2.45, 2.75) is 31.3 Å². The van der Waals surface area contributed by atoms with Crippen LogP contribution in [0.15, 0.2) is 27.5 Å². The first-order valence-electron chi connectivity index (χ1n) is 7.80. The SMILES string of the molecule is C=C(C(N)=O)[C@H](NC(=O)c1cscn1)c1nnc([C@H]2CCCCN2)o1. The van der Waals surface area contributed by atoms with Crippen molar-refractivity contribution < 1.29 is 14.0 Å². The number of thiazole rings is 1. The van der Waals surface area contributed by atoms with Gasteiger partial charge < -0.3 is 20.8 Å². The summed E-state index contributed by atoms with van der Waals surface area (Å²) in [6.45, 7) is 4.51. The Balaban J connectivity index is 1.81. The molecule has 132 valence electrons. The maximum Gasteiger partial charge on any atom is 0.271 e. The zero-order valence-corrected chi connectivity index (χ0v) is 14.2. The number of primary amides is 1. The molecule has 1 fully saturated rings. The molecule has 0 radical (unpaired) electrons. The molecule has 25 heavy (non-hydrogen) atoms. The first-order chi connectivity index (χ1) is 12.1. The Bertz CT molecular complexity index is 766. The second-order valence-corrected chi connectivity index (χ2v) is 6.37. The predicted octanol–water partition coefficient (Wildman–Crippen LogP) is 0.853. The summed E-state index contributed by atoms with van der Waals surface area (Å²) in [6.07, 6.45) is 3.05. The number of nitrogens with one attached hydrogen (secondary N) is 2. The van der Waals surface area contributed by atoms with Crippen LogP contribution in [0.3, 0.4) is 0 Å². The van der Waals surface area contributed by atoms with Crippen LogP contribution in [0.25, 0.3) is 0 Å². The Labute approximate surface area is 147 Å². The summed E-state index contributed by atoms with van der Waals surface area (Å²) in [5.74, 6) is -0.766. The molecule has 0 unspecified atom stereocenters. The monoisotopic (exact) mass is 362 g/mol. The number of carbonyl (C=O) groups excluding carboxylic acids is 2. The molecule has 2 amide bonds. The summed E-state index contributed by atoms with van der Waals surface area (Å²) < 4.78 is 5.69. The second-order valence-electron chi connectivity index (χ2n) is 5.65. The molecular weight excluding hydrogens is 344 g/mol. The van der Waals surface area contributed by atoms with E-state index in [9.17, 15) is 9.59 Å². The van der Waals surface area contributed by atoms with E-state index in [1.54, 1.807) is 5.38 Å². The van der Waals surface area contributed by atoms with Gasteiger partial charge in [-0.15, -0.1) is 21.5 Å². The molecule has 0 spiro atoms. The number of amides is 2. The van der Waals surface area contributed by atoms with Gasteiger partial charge in [-0.05, 0) is 19.4 Å². The summed E-state index contributed by atoms with van der Waals surface area (Å²) >= 11 is 1.28. The predicted molar refractivity (Wildman–Crippen MR) is 89.5 cm³/mol. The molecule has 2 atom stereocenters. The van der Waals surface area contributed by atoms with Crippen LogP contribution in [0, 0.1) is 0 Å². The second kappa shape index (κ2) is 7.53. The minimum absolute atomic E-state index is 0.0354. The highest BCUT2D eigenvalue weighted by molar-refractivity contribution is 7.07. The fraction of sp³-hybridized carbons (Fsp3) is 0.400. The summed E-state index contributed by atoms with van der Waals surface area (Å²) in [5.41, 5.74) is 7.02. The van der Waals surface area contributed by atoms with Crippen molar-refractivity contribution >= 4 is 23.2 Å². The Morgan fingerprint density at radius 3 is 2.92 bits per heavy atom. The third-order valence-electron chi connectivity index (χ3n) is 3.92. The molecule has 0 saturated carbocycles. The van der Waals surface area contributed by atoms with Gasteiger partial charge in [-0.3, -0.25) is 9.59 Å². The highest BCUT2D eigenvalue weighted by Crippen LogP contribution is 2.25. The first-order valence-corrected chi connectivity index (χ1v) is 8.75. The molecule has 0 aliphatic carbocycles. The number of hydrogen-bond acceptors (Lipinski definition) is 8. The van der Waals surface area contributed by atoms with Gasteiger partial charge in [0.1, 0.15) is 11.7 Å². The topological polar surface area (TPSA) is 136 Å². The van der Waals surface area contributed by atoms with Crippen molar-refractivity contribution in [3.63, 3.8) is 0 Å². The lowest BCUT2D eigenvalue weighted by molar-refractivity contribution is -0.114. The number of nitrogens with zero attached hydrogens (tertiary/aromatic N) is 3. The number of piperidine rings is 1. The minimum Gasteiger partial charge on any atom is -0.421 e. The molecule has 10 heteroatoms. The quantitative estimate of drug-likeness (QED) is 0.648. The van der Waals surface area contributed by atoms with Crippen LogP contribution < -0.4 is 16.4 Å². The van der Waals surface area contributed by atoms with Crippen molar-refractivity contribution in [1.29, 1.82) is 0 Å². The fourth-order valence-electron chi connectivity index (χ4n) is 2.54. The number of hydrogen-bond donors (Lipinski definition) is 3. The lowest BCUT2D eigenvalue weighted by Gasteiger charge is -2.20. The van der Waals surface area contributed by atoms with E-state index in [1.807, 2.05) is 0 Å². The van der Waals surface area contributed by atoms with Gasteiger partial charge in [0.15, 0.2) is 0 Å². The van der Waals surface area contributed by atoms with E-state index in [1.165, 1.54) is 16.8 Å². The summed E-state index contributed by atoms with van der Waals surface area (Å²) in [5, 5.41) is 15.5. The van der Waals surface area contributed by atoms with Crippen LogP contribution in [0.5, 0.6) is 0 Å². The van der Waals surface area contributed by atoms with Crippen molar-refractivity contribution in [2.24, 2.45) is 5.73 Å². The lowest BCUT2D eigenvalue weighted by atomic mass is 10.1. The van der Waals surface area contributed by atoms with Gasteiger partial charge in [-0.25, -0.2) is 4.98 Å². The Morgan fingerprint density at radius 1 is 1.44 bits per heavy atom. The van der Waals surface area contributed by atoms with Gasteiger partial charge >= 0.3 is 0 Å². The zero-order valence-electron chi connectivity index (χ0n) is 13.4. The van der Waals surface area contributed by atoms with E-state index in [0.717, 1.165) is 25.8 Å². The maximum absolute atomic E-state index is 12.3. The lowest BCUT2D eigenvalue weighted by Crippen LogP contribution is -2.34. The highest BCUT2D eigenvalue weighted by Gasteiger charge is 2.29. The van der Waals surface area contributed by atoms with Gasteiger partial charge in [-0.1, -0.05) is 13.0 Å². The van der Waals surface area contributed by atoms with E-state index >= 15 is 0 Å². The largest absolute Gasteiger partial charge is 0.421 e. The molecule has 1 aliphatic heterocycles. The molecule has 3 rings (SSSR count). The zero-order chi connectivity index (χ0) is 17.8. The Hall–Kier alpha value is -2.59. The maximum atomic E-state index is 12.3. The van der Waals surface area contributed by atoms with Crippen LogP contribution in [0.2, 0.25) is 0 Å². The standard InChI is InChI=1S/C15H18N6O3S/c1-8(12(16)22)11(19-13(23)10-6-25-7-18-10)15-21-20-14(24-15)9-4-2-3-5-17-9/h6-7,9,11,17H,1-5H2,(H2,16,22)(H,19,23)/t9-,11+/m1/s1. The number of carbonyl (C=O) groups is 2. The van der Waals surface area contributed by atoms with E-state index in [2.05, 4.69) is 32.4 Å². The molecule has 1 saturated heterocycles. The van der Waals surface area contributed by atoms with Crippen molar-refractivity contribution in [1.82, 2.24) is 25.8 Å². The van der Waals surface area contributed by atoms with E-state index in [0.29, 0.717) is 5.89 Å². The Morgan fingerprint density at radius 2 is 2.28 bits per heavy atom. The van der Waals surface area contributed by atoms with Gasteiger partial charge in [0, 0.05) is 11.0 Å². The van der Waals surface area contributed by atoms with Crippen molar-refractivity contribution in [2.75, 3.05) is 6.54 Å². The van der Waals surface area contributed by atoms with Crippen LogP contribution in [0.1, 0.15) is 53.6 Å². The molecule has 2 aromatic rings. The minimum atomic E-state index is -1.00. The van der Waals surface area contributed by atoms with E-state index in [-0.39, 0.29) is 23.2 Å². The molecule has 4 N–H and O–H groups in total. The highest BCUT2D eigenvalue weighted by atomic mass is 32.1. The van der Waals surface area contributed by atoms with E-state index in [4.69, 9.17) is 10.2 Å². The Kier molecular flexibility index (Phi) is 5.19. The van der Waals surface area contributed by atoms with Gasteiger partial charge in [0.05, 0.1) is 11.6 Å². The summed E-state index contributed by atoms with van der Waals surface area (Å²) in [7, 11) is 0. The van der Waals surface area contributed by atoms with Crippen molar-refractivity contribution in [3.8, 4) is 0 Å². The van der Waals surface area contributed by atoms with Gasteiger partial charge in [0.2, 0.25) is 17.7 Å². The molecule has 3 heterocycles.